The average molecular weight is 310 g/mol. The lowest BCUT2D eigenvalue weighted by atomic mass is 10.3. The Bertz CT molecular complexity index is 689. The second-order valence-corrected chi connectivity index (χ2v) is 4.38. The van der Waals surface area contributed by atoms with E-state index in [1.54, 1.807) is 0 Å². The molecule has 0 saturated heterocycles. The number of pyridine rings is 1. The first kappa shape index (κ1) is 14.7. The standard InChI is InChI=1S/C13H9ClFN3O3/c14-7-4-8(15)6-9(5-7)17-13(21)18-10-2-1-3-16-11(10)12(19)20/h1-6H,(H,19,20)(H2,17,18,21). The maximum absolute atomic E-state index is 13.1. The zero-order valence-corrected chi connectivity index (χ0v) is 11.2. The minimum absolute atomic E-state index is 0.0185. The number of aromatic nitrogens is 1. The van der Waals surface area contributed by atoms with Gasteiger partial charge in [0.2, 0.25) is 0 Å². The van der Waals surface area contributed by atoms with E-state index in [1.807, 2.05) is 0 Å². The summed E-state index contributed by atoms with van der Waals surface area (Å²) in [6.07, 6.45) is 1.29. The molecule has 0 spiro atoms. The van der Waals surface area contributed by atoms with Crippen molar-refractivity contribution in [2.45, 2.75) is 0 Å². The van der Waals surface area contributed by atoms with Gasteiger partial charge in [-0.1, -0.05) is 11.6 Å². The number of carbonyl (C=O) groups is 2. The molecule has 2 amide bonds. The number of rotatable bonds is 3. The molecule has 1 aromatic carbocycles. The molecule has 6 nitrogen and oxygen atoms in total. The molecule has 3 N–H and O–H groups in total. The third-order valence-electron chi connectivity index (χ3n) is 2.38. The van der Waals surface area contributed by atoms with Gasteiger partial charge in [0.15, 0.2) is 5.69 Å². The number of urea groups is 1. The summed E-state index contributed by atoms with van der Waals surface area (Å²) in [5.41, 5.74) is -0.145. The number of amides is 2. The van der Waals surface area contributed by atoms with Crippen molar-refractivity contribution in [3.8, 4) is 0 Å². The van der Waals surface area contributed by atoms with E-state index in [0.29, 0.717) is 0 Å². The van der Waals surface area contributed by atoms with Crippen molar-refractivity contribution in [3.05, 3.63) is 53.1 Å². The summed E-state index contributed by atoms with van der Waals surface area (Å²) in [5.74, 6) is -1.88. The van der Waals surface area contributed by atoms with Gasteiger partial charge in [0.1, 0.15) is 5.82 Å². The Morgan fingerprint density at radius 3 is 2.67 bits per heavy atom. The Balaban J connectivity index is 2.14. The van der Waals surface area contributed by atoms with Crippen LogP contribution in [0.1, 0.15) is 10.5 Å². The lowest BCUT2D eigenvalue weighted by Gasteiger charge is -2.09. The first-order valence-corrected chi connectivity index (χ1v) is 6.06. The maximum Gasteiger partial charge on any atom is 0.356 e. The van der Waals surface area contributed by atoms with Gasteiger partial charge in [-0.15, -0.1) is 0 Å². The van der Waals surface area contributed by atoms with Crippen molar-refractivity contribution in [2.75, 3.05) is 10.6 Å². The van der Waals surface area contributed by atoms with Crippen molar-refractivity contribution in [3.63, 3.8) is 0 Å². The van der Waals surface area contributed by atoms with Crippen molar-refractivity contribution < 1.29 is 19.1 Å². The summed E-state index contributed by atoms with van der Waals surface area (Å²) in [6.45, 7) is 0. The number of nitrogens with zero attached hydrogens (tertiary/aromatic N) is 1. The maximum atomic E-state index is 13.1. The summed E-state index contributed by atoms with van der Waals surface area (Å²) in [5, 5.41) is 13.7. The number of benzene rings is 1. The second-order valence-electron chi connectivity index (χ2n) is 3.94. The zero-order chi connectivity index (χ0) is 15.4. The van der Waals surface area contributed by atoms with Gasteiger partial charge in [0, 0.05) is 16.9 Å². The smallest absolute Gasteiger partial charge is 0.356 e. The molecule has 0 atom stereocenters. The van der Waals surface area contributed by atoms with Gasteiger partial charge in [0.25, 0.3) is 0 Å². The van der Waals surface area contributed by atoms with E-state index in [1.165, 1.54) is 24.4 Å². The molecular weight excluding hydrogens is 301 g/mol. The third kappa shape index (κ3) is 3.90. The fourth-order valence-corrected chi connectivity index (χ4v) is 1.81. The summed E-state index contributed by atoms with van der Waals surface area (Å²) < 4.78 is 13.1. The van der Waals surface area contributed by atoms with Gasteiger partial charge in [-0.3, -0.25) is 0 Å². The quantitative estimate of drug-likeness (QED) is 0.812. The summed E-state index contributed by atoms with van der Waals surface area (Å²) >= 11 is 5.66. The number of carboxylic acids is 1. The molecule has 0 bridgehead atoms. The van der Waals surface area contributed by atoms with Crippen LogP contribution in [0.25, 0.3) is 0 Å². The Hall–Kier alpha value is -2.67. The molecule has 0 unspecified atom stereocenters. The number of carbonyl (C=O) groups excluding carboxylic acids is 1. The average Bonchev–Trinajstić information content (AvgIpc) is 2.37. The highest BCUT2D eigenvalue weighted by Crippen LogP contribution is 2.19. The molecule has 108 valence electrons. The minimum Gasteiger partial charge on any atom is -0.476 e. The van der Waals surface area contributed by atoms with E-state index >= 15 is 0 Å². The van der Waals surface area contributed by atoms with Gasteiger partial charge in [0.05, 0.1) is 5.69 Å². The first-order chi connectivity index (χ1) is 9.95. The molecule has 0 aliphatic carbocycles. The molecule has 1 aromatic heterocycles. The van der Waals surface area contributed by atoms with E-state index in [0.717, 1.165) is 12.1 Å². The van der Waals surface area contributed by atoms with E-state index in [2.05, 4.69) is 15.6 Å². The molecule has 1 heterocycles. The normalized spacial score (nSPS) is 10.0. The predicted molar refractivity (Wildman–Crippen MR) is 75.2 cm³/mol. The van der Waals surface area contributed by atoms with Crippen LogP contribution in [-0.4, -0.2) is 22.1 Å². The zero-order valence-electron chi connectivity index (χ0n) is 10.4. The largest absolute Gasteiger partial charge is 0.476 e. The fraction of sp³-hybridized carbons (Fsp3) is 0. The number of hydrogen-bond donors (Lipinski definition) is 3. The van der Waals surface area contributed by atoms with Crippen LogP contribution in [0.5, 0.6) is 0 Å². The van der Waals surface area contributed by atoms with E-state index < -0.39 is 17.8 Å². The van der Waals surface area contributed by atoms with Crippen LogP contribution in [0, 0.1) is 5.82 Å². The van der Waals surface area contributed by atoms with Gasteiger partial charge in [-0.2, -0.15) is 0 Å². The lowest BCUT2D eigenvalue weighted by molar-refractivity contribution is 0.0691. The molecule has 0 radical (unpaired) electrons. The summed E-state index contributed by atoms with van der Waals surface area (Å²) in [4.78, 5) is 26.4. The number of aromatic carboxylic acids is 1. The SMILES string of the molecule is O=C(Nc1cc(F)cc(Cl)c1)Nc1cccnc1C(=O)O. The van der Waals surface area contributed by atoms with E-state index in [9.17, 15) is 14.0 Å². The van der Waals surface area contributed by atoms with Crippen molar-refractivity contribution in [1.29, 1.82) is 0 Å². The highest BCUT2D eigenvalue weighted by Gasteiger charge is 2.13. The number of halogens is 2. The van der Waals surface area contributed by atoms with E-state index in [4.69, 9.17) is 16.7 Å². The molecule has 21 heavy (non-hydrogen) atoms. The Morgan fingerprint density at radius 1 is 1.24 bits per heavy atom. The Kier molecular flexibility index (Phi) is 4.34. The number of nitrogens with one attached hydrogen (secondary N) is 2. The molecule has 0 fully saturated rings. The molecule has 0 aliphatic rings. The number of hydrogen-bond acceptors (Lipinski definition) is 3. The molecule has 0 saturated carbocycles. The van der Waals surface area contributed by atoms with Crippen LogP contribution in [0.2, 0.25) is 5.02 Å². The molecule has 2 rings (SSSR count). The first-order valence-electron chi connectivity index (χ1n) is 5.68. The van der Waals surface area contributed by atoms with Crippen molar-refractivity contribution in [1.82, 2.24) is 4.98 Å². The lowest BCUT2D eigenvalue weighted by Crippen LogP contribution is -2.21. The monoisotopic (exact) mass is 309 g/mol. The summed E-state index contributed by atoms with van der Waals surface area (Å²) in [7, 11) is 0. The third-order valence-corrected chi connectivity index (χ3v) is 2.60. The second kappa shape index (κ2) is 6.19. The van der Waals surface area contributed by atoms with E-state index in [-0.39, 0.29) is 22.1 Å². The van der Waals surface area contributed by atoms with Crippen LogP contribution in [0.15, 0.2) is 36.5 Å². The van der Waals surface area contributed by atoms with Crippen LogP contribution in [0.3, 0.4) is 0 Å². The van der Waals surface area contributed by atoms with Gasteiger partial charge >= 0.3 is 12.0 Å². The predicted octanol–water partition coefficient (Wildman–Crippen LogP) is 3.22. The Labute approximate surface area is 123 Å². The van der Waals surface area contributed by atoms with Crippen molar-refractivity contribution >= 4 is 35.0 Å². The Morgan fingerprint density at radius 2 is 2.00 bits per heavy atom. The van der Waals surface area contributed by atoms with Crippen LogP contribution in [-0.2, 0) is 0 Å². The van der Waals surface area contributed by atoms with Gasteiger partial charge in [-0.05, 0) is 30.3 Å². The number of carboxylic acid groups (broad SMARTS) is 1. The van der Waals surface area contributed by atoms with Gasteiger partial charge in [-0.25, -0.2) is 19.0 Å². The van der Waals surface area contributed by atoms with Crippen LogP contribution < -0.4 is 10.6 Å². The minimum atomic E-state index is -1.28. The molecule has 2 aromatic rings. The van der Waals surface area contributed by atoms with Crippen molar-refractivity contribution in [2.24, 2.45) is 0 Å². The molecule has 8 heteroatoms. The molecule has 0 aliphatic heterocycles. The van der Waals surface area contributed by atoms with Gasteiger partial charge < -0.3 is 15.7 Å². The number of anilines is 2. The summed E-state index contributed by atoms with van der Waals surface area (Å²) in [6, 6.07) is 5.63. The molecular formula is C13H9ClFN3O3. The van der Waals surface area contributed by atoms with Crippen LogP contribution >= 0.6 is 11.6 Å². The highest BCUT2D eigenvalue weighted by atomic mass is 35.5. The van der Waals surface area contributed by atoms with Crippen LogP contribution in [0.4, 0.5) is 20.6 Å². The highest BCUT2D eigenvalue weighted by molar-refractivity contribution is 6.31. The topological polar surface area (TPSA) is 91.3 Å². The fourth-order valence-electron chi connectivity index (χ4n) is 1.59.